The maximum atomic E-state index is 13.2. The van der Waals surface area contributed by atoms with Crippen LogP contribution in [-0.2, 0) is 14.4 Å². The SMILES string of the molecule is O=C(ON1C(=O)c2ccccc2C1=O)C1CC12CCCN(C(=O)OCC1c3ccccc3-c3ccccc31)C2. The Morgan fingerprint density at radius 2 is 1.38 bits per heavy atom. The van der Waals surface area contributed by atoms with E-state index < -0.39 is 35.2 Å². The Bertz CT molecular complexity index is 1470. The molecule has 4 aliphatic rings. The number of hydrogen-bond acceptors (Lipinski definition) is 6. The summed E-state index contributed by atoms with van der Waals surface area (Å²) in [6.07, 6.45) is 1.65. The number of amides is 3. The van der Waals surface area contributed by atoms with Crippen LogP contribution in [0.5, 0.6) is 0 Å². The van der Waals surface area contributed by atoms with Crippen LogP contribution in [0.4, 0.5) is 4.79 Å². The van der Waals surface area contributed by atoms with Gasteiger partial charge in [-0.25, -0.2) is 9.59 Å². The molecule has 8 nitrogen and oxygen atoms in total. The number of piperidine rings is 1. The number of rotatable bonds is 4. The predicted octanol–water partition coefficient (Wildman–Crippen LogP) is 4.79. The number of likely N-dealkylation sites (tertiary alicyclic amines) is 1. The molecular formula is C31H26N2O6. The van der Waals surface area contributed by atoms with Crippen molar-refractivity contribution in [3.63, 3.8) is 0 Å². The lowest BCUT2D eigenvalue weighted by atomic mass is 9.92. The minimum Gasteiger partial charge on any atom is -0.448 e. The Hall–Kier alpha value is -4.46. The van der Waals surface area contributed by atoms with Crippen molar-refractivity contribution in [1.82, 2.24) is 9.96 Å². The molecule has 39 heavy (non-hydrogen) atoms. The Morgan fingerprint density at radius 1 is 0.821 bits per heavy atom. The van der Waals surface area contributed by atoms with Crippen molar-refractivity contribution in [2.75, 3.05) is 19.7 Å². The van der Waals surface area contributed by atoms with Gasteiger partial charge in [0, 0.05) is 24.4 Å². The first-order valence-electron chi connectivity index (χ1n) is 13.3. The topological polar surface area (TPSA) is 93.2 Å². The lowest BCUT2D eigenvalue weighted by Gasteiger charge is -2.33. The number of hydroxylamine groups is 2. The number of carbonyl (C=O) groups is 4. The fourth-order valence-electron chi connectivity index (χ4n) is 6.54. The molecular weight excluding hydrogens is 496 g/mol. The molecule has 2 aliphatic carbocycles. The molecule has 3 amide bonds. The zero-order valence-electron chi connectivity index (χ0n) is 21.2. The molecule has 3 aromatic rings. The van der Waals surface area contributed by atoms with Gasteiger partial charge < -0.3 is 14.5 Å². The number of carbonyl (C=O) groups excluding carboxylic acids is 4. The van der Waals surface area contributed by atoms with E-state index in [1.165, 1.54) is 23.3 Å². The quantitative estimate of drug-likeness (QED) is 0.458. The van der Waals surface area contributed by atoms with Crippen LogP contribution < -0.4 is 0 Å². The molecule has 2 unspecified atom stereocenters. The van der Waals surface area contributed by atoms with Crippen LogP contribution in [0.2, 0.25) is 0 Å². The summed E-state index contributed by atoms with van der Waals surface area (Å²) >= 11 is 0. The number of fused-ring (bicyclic) bond motifs is 4. The van der Waals surface area contributed by atoms with E-state index in [0.717, 1.165) is 24.0 Å². The van der Waals surface area contributed by atoms with Crippen molar-refractivity contribution in [3.05, 3.63) is 95.1 Å². The Morgan fingerprint density at radius 3 is 2.00 bits per heavy atom. The van der Waals surface area contributed by atoms with Crippen LogP contribution >= 0.6 is 0 Å². The van der Waals surface area contributed by atoms with E-state index in [1.54, 1.807) is 17.0 Å². The van der Waals surface area contributed by atoms with Crippen LogP contribution in [0.15, 0.2) is 72.8 Å². The van der Waals surface area contributed by atoms with Gasteiger partial charge in [0.1, 0.15) is 6.61 Å². The maximum Gasteiger partial charge on any atom is 0.409 e. The molecule has 1 saturated carbocycles. The van der Waals surface area contributed by atoms with Gasteiger partial charge in [-0.05, 0) is 53.6 Å². The first-order valence-corrected chi connectivity index (χ1v) is 13.3. The number of ether oxygens (including phenoxy) is 1. The van der Waals surface area contributed by atoms with Crippen LogP contribution in [0.25, 0.3) is 11.1 Å². The molecule has 0 N–H and O–H groups in total. The third-order valence-electron chi connectivity index (χ3n) is 8.62. The summed E-state index contributed by atoms with van der Waals surface area (Å²) in [6, 6.07) is 22.8. The molecule has 7 rings (SSSR count). The van der Waals surface area contributed by atoms with Crippen molar-refractivity contribution in [3.8, 4) is 11.1 Å². The monoisotopic (exact) mass is 522 g/mol. The molecule has 196 valence electrons. The highest BCUT2D eigenvalue weighted by molar-refractivity contribution is 6.20. The summed E-state index contributed by atoms with van der Waals surface area (Å²) in [5, 5.41) is 0.561. The standard InChI is InChI=1S/C31H26N2O6/c34-27-23-12-5-6-13-24(23)28(35)33(27)39-29(36)26-16-31(26)14-7-15-32(18-31)30(37)38-17-25-21-10-3-1-8-19(21)20-9-2-4-11-22(20)25/h1-6,8-13,25-26H,7,14-18H2. The molecule has 2 atom stereocenters. The fourth-order valence-corrected chi connectivity index (χ4v) is 6.54. The van der Waals surface area contributed by atoms with Crippen LogP contribution in [0.1, 0.15) is 57.0 Å². The number of imide groups is 1. The highest BCUT2D eigenvalue weighted by atomic mass is 16.7. The van der Waals surface area contributed by atoms with Crippen molar-refractivity contribution < 1.29 is 28.8 Å². The van der Waals surface area contributed by atoms with E-state index in [1.807, 2.05) is 24.3 Å². The van der Waals surface area contributed by atoms with Crippen molar-refractivity contribution >= 4 is 23.9 Å². The predicted molar refractivity (Wildman–Crippen MR) is 139 cm³/mol. The number of benzene rings is 3. The normalized spacial score (nSPS) is 22.9. The van der Waals surface area contributed by atoms with Gasteiger partial charge in [-0.15, -0.1) is 0 Å². The van der Waals surface area contributed by atoms with Gasteiger partial charge in [0.2, 0.25) is 0 Å². The van der Waals surface area contributed by atoms with Crippen molar-refractivity contribution in [2.45, 2.75) is 25.2 Å². The van der Waals surface area contributed by atoms with Gasteiger partial charge in [-0.3, -0.25) is 9.59 Å². The van der Waals surface area contributed by atoms with Gasteiger partial charge in [-0.1, -0.05) is 65.7 Å². The smallest absolute Gasteiger partial charge is 0.409 e. The van der Waals surface area contributed by atoms with E-state index in [9.17, 15) is 19.2 Å². The van der Waals surface area contributed by atoms with Gasteiger partial charge >= 0.3 is 12.1 Å². The second kappa shape index (κ2) is 8.80. The Balaban J connectivity index is 0.991. The lowest BCUT2D eigenvalue weighted by molar-refractivity contribution is -0.171. The summed E-state index contributed by atoms with van der Waals surface area (Å²) in [7, 11) is 0. The summed E-state index contributed by atoms with van der Waals surface area (Å²) in [4.78, 5) is 58.3. The molecule has 8 heteroatoms. The molecule has 0 bridgehead atoms. The Kier molecular flexibility index (Phi) is 5.33. The summed E-state index contributed by atoms with van der Waals surface area (Å²) in [5.41, 5.74) is 4.67. The van der Waals surface area contributed by atoms with Crippen LogP contribution in [0.3, 0.4) is 0 Å². The summed E-state index contributed by atoms with van der Waals surface area (Å²) < 4.78 is 5.84. The van der Waals surface area contributed by atoms with Crippen LogP contribution in [0, 0.1) is 11.3 Å². The minimum atomic E-state index is -0.637. The van der Waals surface area contributed by atoms with Gasteiger partial charge in [-0.2, -0.15) is 0 Å². The first kappa shape index (κ1) is 23.6. The number of hydrogen-bond donors (Lipinski definition) is 0. The van der Waals surface area contributed by atoms with E-state index in [4.69, 9.17) is 9.57 Å². The molecule has 3 aromatic carbocycles. The molecule has 2 heterocycles. The zero-order valence-corrected chi connectivity index (χ0v) is 21.2. The largest absolute Gasteiger partial charge is 0.448 e. The van der Waals surface area contributed by atoms with Gasteiger partial charge in [0.05, 0.1) is 17.0 Å². The summed E-state index contributed by atoms with van der Waals surface area (Å²) in [5.74, 6) is -2.39. The summed E-state index contributed by atoms with van der Waals surface area (Å²) in [6.45, 7) is 1.17. The maximum absolute atomic E-state index is 13.2. The van der Waals surface area contributed by atoms with Gasteiger partial charge in [0.15, 0.2) is 0 Å². The van der Waals surface area contributed by atoms with Crippen molar-refractivity contribution in [2.24, 2.45) is 11.3 Å². The van der Waals surface area contributed by atoms with Gasteiger partial charge in [0.25, 0.3) is 11.8 Å². The average Bonchev–Trinajstić information content (AvgIpc) is 3.48. The van der Waals surface area contributed by atoms with E-state index in [2.05, 4.69) is 24.3 Å². The fraction of sp³-hybridized carbons (Fsp3) is 0.290. The number of nitrogens with zero attached hydrogens (tertiary/aromatic N) is 2. The molecule has 1 saturated heterocycles. The van der Waals surface area contributed by atoms with E-state index in [0.29, 0.717) is 24.6 Å². The Labute approximate surface area is 225 Å². The molecule has 2 aliphatic heterocycles. The second-order valence-corrected chi connectivity index (χ2v) is 10.8. The molecule has 2 fully saturated rings. The minimum absolute atomic E-state index is 0.0246. The third-order valence-corrected chi connectivity index (χ3v) is 8.62. The lowest BCUT2D eigenvalue weighted by Crippen LogP contribution is -2.43. The second-order valence-electron chi connectivity index (χ2n) is 10.8. The third kappa shape index (κ3) is 3.73. The zero-order chi connectivity index (χ0) is 26.7. The van der Waals surface area contributed by atoms with Crippen LogP contribution in [-0.4, -0.2) is 53.5 Å². The van der Waals surface area contributed by atoms with Crippen molar-refractivity contribution in [1.29, 1.82) is 0 Å². The highest BCUT2D eigenvalue weighted by Crippen LogP contribution is 2.58. The average molecular weight is 523 g/mol. The van der Waals surface area contributed by atoms with E-state index in [-0.39, 0.29) is 23.7 Å². The first-order chi connectivity index (χ1) is 19.0. The van der Waals surface area contributed by atoms with E-state index >= 15 is 0 Å². The molecule has 1 spiro atoms. The highest BCUT2D eigenvalue weighted by Gasteiger charge is 2.61. The molecule has 0 aromatic heterocycles. The molecule has 0 radical (unpaired) electrons.